The van der Waals surface area contributed by atoms with Gasteiger partial charge in [0, 0.05) is 43.6 Å². The highest BCUT2D eigenvalue weighted by molar-refractivity contribution is 7.15. The van der Waals surface area contributed by atoms with Gasteiger partial charge in [-0.15, -0.1) is 11.3 Å². The number of rotatable bonds is 5. The first-order valence-electron chi connectivity index (χ1n) is 8.45. The Morgan fingerprint density at radius 3 is 2.67 bits per heavy atom. The summed E-state index contributed by atoms with van der Waals surface area (Å²) in [4.78, 5) is 8.43. The van der Waals surface area contributed by atoms with E-state index in [2.05, 4.69) is 53.1 Å². The molecule has 1 fully saturated rings. The van der Waals surface area contributed by atoms with Gasteiger partial charge in [-0.25, -0.2) is 4.98 Å². The third kappa shape index (κ3) is 3.14. The molecule has 0 amide bonds. The highest BCUT2D eigenvalue weighted by atomic mass is 32.1. The van der Waals surface area contributed by atoms with Gasteiger partial charge in [0.05, 0.1) is 16.4 Å². The fourth-order valence-electron chi connectivity index (χ4n) is 3.06. The molecule has 0 atom stereocenters. The Bertz CT molecular complexity index is 783. The Hall–Kier alpha value is -1.98. The van der Waals surface area contributed by atoms with Gasteiger partial charge in [-0.1, -0.05) is 24.3 Å². The molecule has 0 saturated carbocycles. The number of nitrogens with zero attached hydrogens (tertiary/aromatic N) is 4. The molecule has 1 aliphatic heterocycles. The average Bonchev–Trinajstić information content (AvgIpc) is 3.18. The highest BCUT2D eigenvalue weighted by Gasteiger charge is 2.31. The van der Waals surface area contributed by atoms with Crippen LogP contribution < -0.4 is 0 Å². The van der Waals surface area contributed by atoms with Gasteiger partial charge in [0.15, 0.2) is 0 Å². The second-order valence-corrected chi connectivity index (χ2v) is 7.77. The van der Waals surface area contributed by atoms with E-state index < -0.39 is 0 Å². The van der Waals surface area contributed by atoms with Gasteiger partial charge in [0.1, 0.15) is 0 Å². The third-order valence-electron chi connectivity index (χ3n) is 4.66. The molecule has 5 heteroatoms. The van der Waals surface area contributed by atoms with E-state index in [9.17, 15) is 0 Å². The summed E-state index contributed by atoms with van der Waals surface area (Å²) in [5, 5.41) is 5.53. The van der Waals surface area contributed by atoms with Crippen molar-refractivity contribution >= 4 is 11.3 Å². The van der Waals surface area contributed by atoms with E-state index in [1.54, 1.807) is 0 Å². The van der Waals surface area contributed by atoms with Crippen molar-refractivity contribution in [2.24, 2.45) is 0 Å². The molecule has 0 N–H and O–H groups in total. The van der Waals surface area contributed by atoms with Crippen LogP contribution in [0.15, 0.2) is 48.9 Å². The molecule has 4 nitrogen and oxygen atoms in total. The molecule has 0 unspecified atom stereocenters. The lowest BCUT2D eigenvalue weighted by Gasteiger charge is -2.41. The Balaban J connectivity index is 1.43. The summed E-state index contributed by atoms with van der Waals surface area (Å²) in [7, 11) is 0. The molecule has 124 valence electrons. The molecule has 3 aromatic rings. The molecule has 2 aromatic heterocycles. The summed E-state index contributed by atoms with van der Waals surface area (Å²) in [5.41, 5.74) is 2.52. The van der Waals surface area contributed by atoms with Crippen LogP contribution in [0.2, 0.25) is 0 Å². The van der Waals surface area contributed by atoms with E-state index in [1.807, 2.05) is 40.7 Å². The number of aromatic nitrogens is 3. The minimum atomic E-state index is 0.616. The lowest BCUT2D eigenvalue weighted by molar-refractivity contribution is 0.110. The largest absolute Gasteiger partial charge is 0.299 e. The van der Waals surface area contributed by atoms with Crippen molar-refractivity contribution in [3.8, 4) is 10.4 Å². The van der Waals surface area contributed by atoms with Crippen LogP contribution in [0.5, 0.6) is 0 Å². The maximum Gasteiger partial charge on any atom is 0.0987 e. The van der Waals surface area contributed by atoms with Crippen molar-refractivity contribution in [2.45, 2.75) is 32.4 Å². The van der Waals surface area contributed by atoms with Crippen LogP contribution in [0.1, 0.15) is 30.3 Å². The zero-order valence-electron chi connectivity index (χ0n) is 14.1. The highest BCUT2D eigenvalue weighted by Crippen LogP contribution is 2.35. The van der Waals surface area contributed by atoms with E-state index in [-0.39, 0.29) is 0 Å². The molecular weight excluding hydrogens is 316 g/mol. The van der Waals surface area contributed by atoms with E-state index in [4.69, 9.17) is 0 Å². The number of benzene rings is 1. The summed E-state index contributed by atoms with van der Waals surface area (Å²) >= 11 is 1.84. The quantitative estimate of drug-likeness (QED) is 0.708. The normalized spacial score (nSPS) is 15.8. The molecule has 0 bridgehead atoms. The topological polar surface area (TPSA) is 34.0 Å². The van der Waals surface area contributed by atoms with Crippen LogP contribution in [-0.4, -0.2) is 38.8 Å². The summed E-state index contributed by atoms with van der Waals surface area (Å²) in [6, 6.07) is 11.3. The molecule has 1 aromatic carbocycles. The van der Waals surface area contributed by atoms with Crippen molar-refractivity contribution in [1.29, 1.82) is 0 Å². The van der Waals surface area contributed by atoms with Gasteiger partial charge in [-0.05, 0) is 31.0 Å². The Morgan fingerprint density at radius 1 is 1.21 bits per heavy atom. The Morgan fingerprint density at radius 2 is 2.00 bits per heavy atom. The first-order chi connectivity index (χ1) is 11.7. The molecular formula is C19H22N4S. The van der Waals surface area contributed by atoms with Crippen LogP contribution in [-0.2, 0) is 6.54 Å². The van der Waals surface area contributed by atoms with E-state index in [1.165, 1.54) is 21.0 Å². The summed E-state index contributed by atoms with van der Waals surface area (Å²) < 4.78 is 1.94. The van der Waals surface area contributed by atoms with Crippen LogP contribution >= 0.6 is 11.3 Å². The Kier molecular flexibility index (Phi) is 4.21. The van der Waals surface area contributed by atoms with Gasteiger partial charge in [-0.2, -0.15) is 5.10 Å². The maximum atomic E-state index is 4.67. The van der Waals surface area contributed by atoms with Gasteiger partial charge >= 0.3 is 0 Å². The number of likely N-dealkylation sites (tertiary alicyclic amines) is 1. The molecule has 24 heavy (non-hydrogen) atoms. The van der Waals surface area contributed by atoms with Crippen molar-refractivity contribution in [3.63, 3.8) is 0 Å². The predicted molar refractivity (Wildman–Crippen MR) is 98.3 cm³/mol. The first kappa shape index (κ1) is 15.5. The smallest absolute Gasteiger partial charge is 0.0987 e. The third-order valence-corrected chi connectivity index (χ3v) is 5.86. The average molecular weight is 338 g/mol. The van der Waals surface area contributed by atoms with Gasteiger partial charge in [0.25, 0.3) is 0 Å². The SMILES string of the molecule is CC(C)N1CC(c2ncc(-c3ccc(Cn4cccn4)cc3)s2)C1. The zero-order chi connectivity index (χ0) is 16.5. The van der Waals surface area contributed by atoms with Gasteiger partial charge in [-0.3, -0.25) is 9.58 Å². The second-order valence-electron chi connectivity index (χ2n) is 6.71. The standard InChI is InChI=1S/C19H22N4S/c1-14(2)22-12-17(13-22)19-20-10-18(24-19)16-6-4-15(5-7-16)11-23-9-3-8-21-23/h3-10,14,17H,11-13H2,1-2H3. The maximum absolute atomic E-state index is 4.67. The Labute approximate surface area is 146 Å². The lowest BCUT2D eigenvalue weighted by Crippen LogP contribution is -2.48. The van der Waals surface area contributed by atoms with Gasteiger partial charge < -0.3 is 0 Å². The van der Waals surface area contributed by atoms with E-state index >= 15 is 0 Å². The number of hydrogen-bond acceptors (Lipinski definition) is 4. The molecule has 1 aliphatic rings. The summed E-state index contributed by atoms with van der Waals surface area (Å²) in [5.74, 6) is 0.616. The van der Waals surface area contributed by atoms with Crippen LogP contribution in [0.3, 0.4) is 0 Å². The van der Waals surface area contributed by atoms with Crippen LogP contribution in [0.25, 0.3) is 10.4 Å². The van der Waals surface area contributed by atoms with E-state index in [0.717, 1.165) is 19.6 Å². The van der Waals surface area contributed by atoms with Crippen molar-refractivity contribution in [3.05, 3.63) is 59.5 Å². The van der Waals surface area contributed by atoms with Crippen molar-refractivity contribution in [2.75, 3.05) is 13.1 Å². The first-order valence-corrected chi connectivity index (χ1v) is 9.27. The number of hydrogen-bond donors (Lipinski definition) is 0. The second kappa shape index (κ2) is 6.49. The molecule has 0 radical (unpaired) electrons. The molecule has 3 heterocycles. The van der Waals surface area contributed by atoms with Crippen molar-refractivity contribution in [1.82, 2.24) is 19.7 Å². The molecule has 0 spiro atoms. The van der Waals surface area contributed by atoms with Gasteiger partial charge in [0.2, 0.25) is 0 Å². The predicted octanol–water partition coefficient (Wildman–Crippen LogP) is 3.86. The van der Waals surface area contributed by atoms with Crippen molar-refractivity contribution < 1.29 is 0 Å². The minimum Gasteiger partial charge on any atom is -0.299 e. The summed E-state index contributed by atoms with van der Waals surface area (Å²) in [6.45, 7) is 7.62. The fourth-order valence-corrected chi connectivity index (χ4v) is 4.06. The summed E-state index contributed by atoms with van der Waals surface area (Å²) in [6.07, 6.45) is 5.83. The van der Waals surface area contributed by atoms with Crippen LogP contribution in [0, 0.1) is 0 Å². The lowest BCUT2D eigenvalue weighted by atomic mass is 9.99. The minimum absolute atomic E-state index is 0.616. The molecule has 1 saturated heterocycles. The zero-order valence-corrected chi connectivity index (χ0v) is 14.9. The molecule has 0 aliphatic carbocycles. The van der Waals surface area contributed by atoms with Crippen LogP contribution in [0.4, 0.5) is 0 Å². The number of thiazole rings is 1. The monoisotopic (exact) mass is 338 g/mol. The molecule has 4 rings (SSSR count). The fraction of sp³-hybridized carbons (Fsp3) is 0.368. The van der Waals surface area contributed by atoms with E-state index in [0.29, 0.717) is 12.0 Å².